The van der Waals surface area contributed by atoms with Gasteiger partial charge in [-0.25, -0.2) is 4.98 Å². The summed E-state index contributed by atoms with van der Waals surface area (Å²) in [5, 5.41) is 15.9. The number of nitro groups is 1. The van der Waals surface area contributed by atoms with E-state index in [0.29, 0.717) is 31.6 Å². The Balaban J connectivity index is 0.00000264. The van der Waals surface area contributed by atoms with Crippen LogP contribution in [0.2, 0.25) is 0 Å². The van der Waals surface area contributed by atoms with E-state index in [4.69, 9.17) is 5.73 Å². The van der Waals surface area contributed by atoms with Gasteiger partial charge in [0, 0.05) is 30.5 Å². The first-order chi connectivity index (χ1) is 10.6. The summed E-state index contributed by atoms with van der Waals surface area (Å²) in [6.07, 6.45) is 1.27. The number of hydrogen-bond donors (Lipinski definition) is 2. The Bertz CT molecular complexity index is 660. The van der Waals surface area contributed by atoms with Gasteiger partial charge in [0.1, 0.15) is 5.69 Å². The van der Waals surface area contributed by atoms with E-state index in [1.807, 2.05) is 0 Å². The highest BCUT2D eigenvalue weighted by atomic mass is 35.5. The molecule has 0 saturated carbocycles. The molecule has 0 saturated heterocycles. The first kappa shape index (κ1) is 19.0. The SMILES string of the molecule is Cl.NCCc1nc(C(=O)NCCc2ccc([N+](=O)[O-])cc2)cs1. The van der Waals surface area contributed by atoms with E-state index in [0.717, 1.165) is 10.6 Å². The first-order valence-electron chi connectivity index (χ1n) is 6.76. The van der Waals surface area contributed by atoms with Crippen LogP contribution in [0.5, 0.6) is 0 Å². The molecule has 23 heavy (non-hydrogen) atoms. The Morgan fingerprint density at radius 2 is 2.00 bits per heavy atom. The lowest BCUT2D eigenvalue weighted by molar-refractivity contribution is -0.384. The number of nitrogens with zero attached hydrogens (tertiary/aromatic N) is 2. The summed E-state index contributed by atoms with van der Waals surface area (Å²) in [6, 6.07) is 6.28. The summed E-state index contributed by atoms with van der Waals surface area (Å²) >= 11 is 1.42. The molecule has 0 radical (unpaired) electrons. The molecule has 0 fully saturated rings. The lowest BCUT2D eigenvalue weighted by Gasteiger charge is -2.03. The maximum Gasteiger partial charge on any atom is 0.270 e. The second kappa shape index (κ2) is 9.19. The minimum atomic E-state index is -0.438. The van der Waals surface area contributed by atoms with Crippen molar-refractivity contribution in [1.82, 2.24) is 10.3 Å². The molecule has 0 aliphatic rings. The Morgan fingerprint density at radius 3 is 2.61 bits per heavy atom. The molecule has 0 bridgehead atoms. The second-order valence-electron chi connectivity index (χ2n) is 4.59. The van der Waals surface area contributed by atoms with Crippen LogP contribution in [0.25, 0.3) is 0 Å². The van der Waals surface area contributed by atoms with E-state index in [-0.39, 0.29) is 24.0 Å². The van der Waals surface area contributed by atoms with Crippen molar-refractivity contribution >= 4 is 35.3 Å². The van der Waals surface area contributed by atoms with E-state index in [9.17, 15) is 14.9 Å². The molecule has 1 amide bonds. The second-order valence-corrected chi connectivity index (χ2v) is 5.54. The quantitative estimate of drug-likeness (QED) is 0.581. The van der Waals surface area contributed by atoms with Crippen LogP contribution in [-0.2, 0) is 12.8 Å². The van der Waals surface area contributed by atoms with E-state index < -0.39 is 4.92 Å². The van der Waals surface area contributed by atoms with Gasteiger partial charge in [-0.3, -0.25) is 14.9 Å². The Kier molecular flexibility index (Phi) is 7.60. The van der Waals surface area contributed by atoms with Crippen LogP contribution >= 0.6 is 23.7 Å². The molecule has 2 rings (SSSR count). The fourth-order valence-electron chi connectivity index (χ4n) is 1.85. The molecule has 1 aromatic heterocycles. The normalized spacial score (nSPS) is 9.96. The fraction of sp³-hybridized carbons (Fsp3) is 0.286. The fourth-order valence-corrected chi connectivity index (χ4v) is 2.64. The third-order valence-corrected chi connectivity index (χ3v) is 3.90. The molecular formula is C14H17ClN4O3S. The van der Waals surface area contributed by atoms with Gasteiger partial charge in [-0.2, -0.15) is 0 Å². The summed E-state index contributed by atoms with van der Waals surface area (Å²) in [7, 11) is 0. The van der Waals surface area contributed by atoms with Crippen molar-refractivity contribution in [2.45, 2.75) is 12.8 Å². The topological polar surface area (TPSA) is 111 Å². The van der Waals surface area contributed by atoms with E-state index >= 15 is 0 Å². The predicted octanol–water partition coefficient (Wildman–Crippen LogP) is 1.95. The van der Waals surface area contributed by atoms with E-state index in [1.54, 1.807) is 17.5 Å². The zero-order chi connectivity index (χ0) is 15.9. The monoisotopic (exact) mass is 356 g/mol. The third kappa shape index (κ3) is 5.59. The third-order valence-electron chi connectivity index (χ3n) is 2.99. The van der Waals surface area contributed by atoms with Crippen molar-refractivity contribution in [2.75, 3.05) is 13.1 Å². The summed E-state index contributed by atoms with van der Waals surface area (Å²) < 4.78 is 0. The van der Waals surface area contributed by atoms with Gasteiger partial charge in [-0.05, 0) is 18.5 Å². The highest BCUT2D eigenvalue weighted by Crippen LogP contribution is 2.12. The average Bonchev–Trinajstić information content (AvgIpc) is 2.97. The molecule has 0 aliphatic carbocycles. The molecule has 1 aromatic carbocycles. The van der Waals surface area contributed by atoms with Crippen LogP contribution in [0.15, 0.2) is 29.6 Å². The van der Waals surface area contributed by atoms with Gasteiger partial charge in [-0.1, -0.05) is 12.1 Å². The Hall–Kier alpha value is -2.03. The largest absolute Gasteiger partial charge is 0.350 e. The number of thiazole rings is 1. The highest BCUT2D eigenvalue weighted by molar-refractivity contribution is 7.09. The summed E-state index contributed by atoms with van der Waals surface area (Å²) in [6.45, 7) is 0.953. The van der Waals surface area contributed by atoms with E-state index in [1.165, 1.54) is 23.5 Å². The number of rotatable bonds is 7. The Labute approximate surface area is 143 Å². The van der Waals surface area contributed by atoms with Gasteiger partial charge >= 0.3 is 0 Å². The van der Waals surface area contributed by atoms with Crippen molar-refractivity contribution in [3.63, 3.8) is 0 Å². The molecule has 3 N–H and O–H groups in total. The van der Waals surface area contributed by atoms with Crippen molar-refractivity contribution < 1.29 is 9.72 Å². The number of nitrogens with one attached hydrogen (secondary N) is 1. The molecule has 0 aliphatic heterocycles. The van der Waals surface area contributed by atoms with Crippen LogP contribution in [0.4, 0.5) is 5.69 Å². The summed E-state index contributed by atoms with van der Waals surface area (Å²) in [5.41, 5.74) is 6.83. The van der Waals surface area contributed by atoms with Gasteiger partial charge in [0.05, 0.1) is 9.93 Å². The molecule has 2 aromatic rings. The number of halogens is 1. The number of nitro benzene ring substituents is 1. The van der Waals surface area contributed by atoms with Gasteiger partial charge in [0.15, 0.2) is 0 Å². The summed E-state index contributed by atoms with van der Waals surface area (Å²) in [4.78, 5) is 26.2. The van der Waals surface area contributed by atoms with Crippen molar-refractivity contribution in [3.8, 4) is 0 Å². The summed E-state index contributed by atoms with van der Waals surface area (Å²) in [5.74, 6) is -0.221. The van der Waals surface area contributed by atoms with Crippen molar-refractivity contribution in [3.05, 3.63) is 56.0 Å². The number of nitrogens with two attached hydrogens (primary N) is 1. The van der Waals surface area contributed by atoms with Crippen molar-refractivity contribution in [2.24, 2.45) is 5.73 Å². The minimum absolute atomic E-state index is 0. The molecule has 0 unspecified atom stereocenters. The molecule has 0 spiro atoms. The van der Waals surface area contributed by atoms with Crippen LogP contribution in [0, 0.1) is 10.1 Å². The van der Waals surface area contributed by atoms with Crippen LogP contribution in [0.1, 0.15) is 21.1 Å². The number of amides is 1. The number of non-ortho nitro benzene ring substituents is 1. The van der Waals surface area contributed by atoms with Crippen LogP contribution in [-0.4, -0.2) is 28.9 Å². The van der Waals surface area contributed by atoms with Gasteiger partial charge < -0.3 is 11.1 Å². The molecule has 9 heteroatoms. The van der Waals surface area contributed by atoms with Gasteiger partial charge in [-0.15, -0.1) is 23.7 Å². The smallest absolute Gasteiger partial charge is 0.270 e. The predicted molar refractivity (Wildman–Crippen MR) is 91.3 cm³/mol. The molecule has 124 valence electrons. The molecule has 7 nitrogen and oxygen atoms in total. The zero-order valence-electron chi connectivity index (χ0n) is 12.2. The molecule has 1 heterocycles. The number of carbonyl (C=O) groups excluding carboxylic acids is 1. The number of hydrogen-bond acceptors (Lipinski definition) is 6. The van der Waals surface area contributed by atoms with Crippen molar-refractivity contribution in [1.29, 1.82) is 0 Å². The van der Waals surface area contributed by atoms with Crippen LogP contribution < -0.4 is 11.1 Å². The average molecular weight is 357 g/mol. The van der Waals surface area contributed by atoms with Gasteiger partial charge in [0.25, 0.3) is 11.6 Å². The lowest BCUT2D eigenvalue weighted by atomic mass is 10.1. The number of aromatic nitrogens is 1. The molecular weight excluding hydrogens is 340 g/mol. The minimum Gasteiger partial charge on any atom is -0.350 e. The number of benzene rings is 1. The zero-order valence-corrected chi connectivity index (χ0v) is 13.9. The lowest BCUT2D eigenvalue weighted by Crippen LogP contribution is -2.26. The standard InChI is InChI=1S/C14H16N4O3S.ClH/c15-7-5-13-17-12(9-22-13)14(19)16-8-6-10-1-3-11(4-2-10)18(20)21;/h1-4,9H,5-8,15H2,(H,16,19);1H. The first-order valence-corrected chi connectivity index (χ1v) is 7.64. The maximum atomic E-state index is 11.9. The van der Waals surface area contributed by atoms with Gasteiger partial charge in [0.2, 0.25) is 0 Å². The Morgan fingerprint density at radius 1 is 1.30 bits per heavy atom. The number of carbonyl (C=O) groups is 1. The van der Waals surface area contributed by atoms with Crippen LogP contribution in [0.3, 0.4) is 0 Å². The maximum absolute atomic E-state index is 11.9. The molecule has 0 atom stereocenters. The highest BCUT2D eigenvalue weighted by Gasteiger charge is 2.10. The van der Waals surface area contributed by atoms with E-state index in [2.05, 4.69) is 10.3 Å².